The summed E-state index contributed by atoms with van der Waals surface area (Å²) in [5, 5.41) is 2.37. The maximum atomic E-state index is 5.30. The zero-order valence-electron chi connectivity index (χ0n) is 17.1. The van der Waals surface area contributed by atoms with Crippen molar-refractivity contribution in [2.45, 2.75) is 37.6 Å². The molecule has 0 aromatic heterocycles. The highest BCUT2D eigenvalue weighted by Gasteiger charge is 2.39. The van der Waals surface area contributed by atoms with E-state index >= 15 is 0 Å². The Balaban J connectivity index is 1.70. The van der Waals surface area contributed by atoms with Crippen LogP contribution in [0.2, 0.25) is 0 Å². The van der Waals surface area contributed by atoms with Crippen molar-refractivity contribution in [2.75, 3.05) is 14.2 Å². The van der Waals surface area contributed by atoms with E-state index in [1.807, 2.05) is 0 Å². The molecule has 0 radical (unpaired) electrons. The number of quaternary nitrogens is 1. The van der Waals surface area contributed by atoms with Gasteiger partial charge in [-0.15, -0.1) is 0 Å². The normalized spacial score (nSPS) is 20.8. The van der Waals surface area contributed by atoms with Gasteiger partial charge in [0.2, 0.25) is 0 Å². The molecule has 2 atom stereocenters. The summed E-state index contributed by atoms with van der Waals surface area (Å²) >= 11 is 0. The van der Waals surface area contributed by atoms with Crippen molar-refractivity contribution in [1.82, 2.24) is 0 Å². The summed E-state index contributed by atoms with van der Waals surface area (Å²) in [5.74, 6) is 1.45. The minimum Gasteiger partial charge on any atom is -0.497 e. The second kappa shape index (κ2) is 7.81. The van der Waals surface area contributed by atoms with E-state index in [4.69, 9.17) is 4.74 Å². The highest BCUT2D eigenvalue weighted by molar-refractivity contribution is 5.48. The lowest BCUT2D eigenvalue weighted by Crippen LogP contribution is -2.91. The van der Waals surface area contributed by atoms with Crippen molar-refractivity contribution in [2.24, 2.45) is 0 Å². The Hall–Kier alpha value is -2.58. The Morgan fingerprint density at radius 2 is 1.61 bits per heavy atom. The van der Waals surface area contributed by atoms with E-state index in [0.29, 0.717) is 5.92 Å². The maximum absolute atomic E-state index is 5.30. The van der Waals surface area contributed by atoms with E-state index in [-0.39, 0.29) is 5.54 Å². The lowest BCUT2D eigenvalue weighted by molar-refractivity contribution is -0.698. The Labute approximate surface area is 168 Å². The molecule has 2 heteroatoms. The van der Waals surface area contributed by atoms with Crippen molar-refractivity contribution in [1.29, 1.82) is 0 Å². The molecule has 1 aliphatic rings. The van der Waals surface area contributed by atoms with Crippen molar-refractivity contribution in [3.05, 3.63) is 101 Å². The minimum atomic E-state index is -0.0396. The largest absolute Gasteiger partial charge is 0.497 e. The molecule has 0 bridgehead atoms. The summed E-state index contributed by atoms with van der Waals surface area (Å²) in [4.78, 5) is 0. The third-order valence-electron chi connectivity index (χ3n) is 6.52. The Bertz CT molecular complexity index is 947. The number of methoxy groups -OCH3 is 1. The molecular weight excluding hydrogens is 342 g/mol. The van der Waals surface area contributed by atoms with Crippen LogP contribution < -0.4 is 10.1 Å². The molecule has 0 amide bonds. The number of ether oxygens (including phenoxy) is 1. The molecule has 3 aromatic rings. The maximum Gasteiger partial charge on any atom is 0.145 e. The fraction of sp³-hybridized carbons (Fsp3) is 0.308. The Kier molecular flexibility index (Phi) is 5.23. The highest BCUT2D eigenvalue weighted by atomic mass is 16.5. The van der Waals surface area contributed by atoms with Crippen LogP contribution in [0.5, 0.6) is 5.75 Å². The van der Waals surface area contributed by atoms with E-state index in [9.17, 15) is 0 Å². The van der Waals surface area contributed by atoms with Crippen LogP contribution in [0.4, 0.5) is 0 Å². The smallest absolute Gasteiger partial charge is 0.145 e. The van der Waals surface area contributed by atoms with Crippen LogP contribution in [0.3, 0.4) is 0 Å². The summed E-state index contributed by atoms with van der Waals surface area (Å²) < 4.78 is 5.30. The number of fused-ring (bicyclic) bond motifs is 2. The van der Waals surface area contributed by atoms with Gasteiger partial charge in [0, 0.05) is 11.1 Å². The van der Waals surface area contributed by atoms with Crippen LogP contribution in [0.1, 0.15) is 47.1 Å². The SMILES string of the molecule is C[NH2+]C1(C)c2ccccc2CC(CCc2ccc(OC)cc2)c2ccccc21. The van der Waals surface area contributed by atoms with Gasteiger partial charge in [0.1, 0.15) is 11.3 Å². The second-order valence-electron chi connectivity index (χ2n) is 8.02. The number of rotatable bonds is 5. The average molecular weight is 373 g/mol. The monoisotopic (exact) mass is 372 g/mol. The summed E-state index contributed by atoms with van der Waals surface area (Å²) in [7, 11) is 3.92. The first-order chi connectivity index (χ1) is 13.7. The van der Waals surface area contributed by atoms with Gasteiger partial charge in [0.15, 0.2) is 0 Å². The molecular formula is C26H30NO+. The molecule has 0 saturated carbocycles. The first-order valence-electron chi connectivity index (χ1n) is 10.3. The number of benzene rings is 3. The van der Waals surface area contributed by atoms with Gasteiger partial charge in [-0.2, -0.15) is 0 Å². The minimum absolute atomic E-state index is 0.0396. The van der Waals surface area contributed by atoms with E-state index in [0.717, 1.165) is 25.0 Å². The van der Waals surface area contributed by atoms with E-state index in [1.54, 1.807) is 7.11 Å². The van der Waals surface area contributed by atoms with Gasteiger partial charge >= 0.3 is 0 Å². The number of aryl methyl sites for hydroxylation is 1. The topological polar surface area (TPSA) is 25.8 Å². The lowest BCUT2D eigenvalue weighted by Gasteiger charge is -2.29. The molecule has 0 spiro atoms. The van der Waals surface area contributed by atoms with Crippen molar-refractivity contribution < 1.29 is 10.1 Å². The molecule has 2 nitrogen and oxygen atoms in total. The number of nitrogens with two attached hydrogens (primary N) is 1. The quantitative estimate of drug-likeness (QED) is 0.705. The highest BCUT2D eigenvalue weighted by Crippen LogP contribution is 2.41. The predicted molar refractivity (Wildman–Crippen MR) is 115 cm³/mol. The fourth-order valence-corrected chi connectivity index (χ4v) is 4.75. The summed E-state index contributed by atoms with van der Waals surface area (Å²) in [6.45, 7) is 2.37. The van der Waals surface area contributed by atoms with Gasteiger partial charge in [0.25, 0.3) is 0 Å². The number of hydrogen-bond donors (Lipinski definition) is 1. The number of hydrogen-bond acceptors (Lipinski definition) is 1. The average Bonchev–Trinajstić information content (AvgIpc) is 2.86. The van der Waals surface area contributed by atoms with E-state index in [2.05, 4.69) is 92.1 Å². The molecule has 2 unspecified atom stereocenters. The first kappa shape index (κ1) is 18.8. The van der Waals surface area contributed by atoms with Crippen LogP contribution in [0.25, 0.3) is 0 Å². The molecule has 2 N–H and O–H groups in total. The van der Waals surface area contributed by atoms with Gasteiger partial charge in [-0.1, -0.05) is 60.7 Å². The molecule has 4 rings (SSSR count). The van der Waals surface area contributed by atoms with Gasteiger partial charge in [-0.05, 0) is 60.9 Å². The standard InChI is InChI=1S/C26H29NO/c1-26(27-2)24-10-6-4-8-21(24)18-20(23-9-5-7-11-25(23)26)15-12-19-13-16-22(28-3)17-14-19/h4-11,13-14,16-17,20,27H,12,15,18H2,1-3H3/p+1. The zero-order chi connectivity index (χ0) is 19.6. The molecule has 1 aliphatic carbocycles. The van der Waals surface area contributed by atoms with Gasteiger partial charge in [-0.3, -0.25) is 0 Å². The fourth-order valence-electron chi connectivity index (χ4n) is 4.75. The van der Waals surface area contributed by atoms with Gasteiger partial charge < -0.3 is 10.1 Å². The van der Waals surface area contributed by atoms with E-state index < -0.39 is 0 Å². The van der Waals surface area contributed by atoms with Crippen LogP contribution in [0, 0.1) is 0 Å². The molecule has 0 fully saturated rings. The van der Waals surface area contributed by atoms with Gasteiger partial charge in [0.05, 0.1) is 14.2 Å². The summed E-state index contributed by atoms with van der Waals surface area (Å²) in [6, 6.07) is 26.6. The predicted octanol–water partition coefficient (Wildman–Crippen LogP) is 4.42. The first-order valence-corrected chi connectivity index (χ1v) is 10.3. The summed E-state index contributed by atoms with van der Waals surface area (Å²) in [6.07, 6.45) is 3.34. The molecule has 144 valence electrons. The molecule has 0 saturated heterocycles. The van der Waals surface area contributed by atoms with Crippen LogP contribution in [-0.2, 0) is 18.4 Å². The van der Waals surface area contributed by atoms with Gasteiger partial charge in [-0.25, -0.2) is 0 Å². The van der Waals surface area contributed by atoms with Crippen LogP contribution >= 0.6 is 0 Å². The third kappa shape index (κ3) is 3.33. The Morgan fingerprint density at radius 3 is 2.32 bits per heavy atom. The summed E-state index contributed by atoms with van der Waals surface area (Å²) in [5.41, 5.74) is 7.24. The molecule has 0 aliphatic heterocycles. The third-order valence-corrected chi connectivity index (χ3v) is 6.52. The van der Waals surface area contributed by atoms with Crippen LogP contribution in [-0.4, -0.2) is 14.2 Å². The molecule has 3 aromatic carbocycles. The van der Waals surface area contributed by atoms with Crippen LogP contribution in [0.15, 0.2) is 72.8 Å². The molecule has 28 heavy (non-hydrogen) atoms. The van der Waals surface area contributed by atoms with Crippen molar-refractivity contribution in [3.8, 4) is 5.75 Å². The zero-order valence-corrected chi connectivity index (χ0v) is 17.1. The van der Waals surface area contributed by atoms with Crippen molar-refractivity contribution >= 4 is 0 Å². The van der Waals surface area contributed by atoms with Crippen molar-refractivity contribution in [3.63, 3.8) is 0 Å². The molecule has 0 heterocycles. The second-order valence-corrected chi connectivity index (χ2v) is 8.02. The lowest BCUT2D eigenvalue weighted by atomic mass is 9.81. The van der Waals surface area contributed by atoms with E-state index in [1.165, 1.54) is 27.8 Å². The Morgan fingerprint density at radius 1 is 0.929 bits per heavy atom.